The molecule has 0 radical (unpaired) electrons. The van der Waals surface area contributed by atoms with Gasteiger partial charge < -0.3 is 10.1 Å². The lowest BCUT2D eigenvalue weighted by Crippen LogP contribution is -2.21. The van der Waals surface area contributed by atoms with Gasteiger partial charge in [-0.2, -0.15) is 5.10 Å². The highest BCUT2D eigenvalue weighted by molar-refractivity contribution is 6.32. The molecule has 0 saturated heterocycles. The summed E-state index contributed by atoms with van der Waals surface area (Å²) >= 11 is 6.27. The highest BCUT2D eigenvalue weighted by Crippen LogP contribution is 2.26. The molecule has 2 rings (SSSR count). The molecule has 0 aliphatic heterocycles. The molecule has 0 aliphatic rings. The van der Waals surface area contributed by atoms with Gasteiger partial charge in [-0.05, 0) is 24.6 Å². The standard InChI is InChI=1S/C16H22ClN3O/c1-4-20-10-14(9-19-20)11-21-16-6-5-13(7-15(16)17)8-18-12(2)3/h5-7,9-10,12,18H,4,8,11H2,1-3H3. The molecule has 0 saturated carbocycles. The fourth-order valence-corrected chi connectivity index (χ4v) is 2.17. The molecule has 1 N–H and O–H groups in total. The minimum atomic E-state index is 0.454. The summed E-state index contributed by atoms with van der Waals surface area (Å²) in [7, 11) is 0. The summed E-state index contributed by atoms with van der Waals surface area (Å²) in [4.78, 5) is 0. The van der Waals surface area contributed by atoms with Gasteiger partial charge in [-0.3, -0.25) is 4.68 Å². The summed E-state index contributed by atoms with van der Waals surface area (Å²) in [6.45, 7) is 8.44. The van der Waals surface area contributed by atoms with E-state index in [0.29, 0.717) is 23.4 Å². The Morgan fingerprint density at radius 2 is 2.14 bits per heavy atom. The van der Waals surface area contributed by atoms with E-state index in [1.807, 2.05) is 35.3 Å². The molecule has 0 bridgehead atoms. The van der Waals surface area contributed by atoms with Crippen LogP contribution in [0.5, 0.6) is 5.75 Å². The van der Waals surface area contributed by atoms with Gasteiger partial charge in [-0.25, -0.2) is 0 Å². The normalized spacial score (nSPS) is 11.1. The largest absolute Gasteiger partial charge is 0.487 e. The quantitative estimate of drug-likeness (QED) is 0.849. The summed E-state index contributed by atoms with van der Waals surface area (Å²) in [5.74, 6) is 0.703. The second-order valence-electron chi connectivity index (χ2n) is 5.29. The summed E-state index contributed by atoms with van der Waals surface area (Å²) in [5.41, 5.74) is 2.19. The molecule has 0 spiro atoms. The van der Waals surface area contributed by atoms with E-state index in [0.717, 1.165) is 24.2 Å². The molecule has 0 fully saturated rings. The zero-order valence-corrected chi connectivity index (χ0v) is 13.5. The Morgan fingerprint density at radius 3 is 2.76 bits per heavy atom. The SMILES string of the molecule is CCn1cc(COc2ccc(CNC(C)C)cc2Cl)cn1. The third-order valence-corrected chi connectivity index (χ3v) is 3.41. The first-order valence-corrected chi connectivity index (χ1v) is 7.62. The van der Waals surface area contributed by atoms with Crippen LogP contribution in [-0.4, -0.2) is 15.8 Å². The van der Waals surface area contributed by atoms with E-state index >= 15 is 0 Å². The lowest BCUT2D eigenvalue weighted by Gasteiger charge is -2.11. The van der Waals surface area contributed by atoms with Crippen molar-refractivity contribution in [2.75, 3.05) is 0 Å². The van der Waals surface area contributed by atoms with Crippen LogP contribution in [0.1, 0.15) is 31.9 Å². The van der Waals surface area contributed by atoms with Crippen molar-refractivity contribution in [3.63, 3.8) is 0 Å². The van der Waals surface area contributed by atoms with Crippen LogP contribution in [0.15, 0.2) is 30.6 Å². The number of aryl methyl sites for hydroxylation is 1. The van der Waals surface area contributed by atoms with Crippen LogP contribution in [0, 0.1) is 0 Å². The first-order chi connectivity index (χ1) is 10.1. The molecule has 5 heteroatoms. The van der Waals surface area contributed by atoms with Gasteiger partial charge >= 0.3 is 0 Å². The van der Waals surface area contributed by atoms with Crippen molar-refractivity contribution in [2.45, 2.75) is 46.5 Å². The van der Waals surface area contributed by atoms with E-state index in [1.165, 1.54) is 0 Å². The molecule has 0 amide bonds. The molecule has 1 heterocycles. The number of hydrogen-bond donors (Lipinski definition) is 1. The Hall–Kier alpha value is -1.52. The van der Waals surface area contributed by atoms with Gasteiger partial charge in [0.25, 0.3) is 0 Å². The van der Waals surface area contributed by atoms with Crippen molar-refractivity contribution in [1.29, 1.82) is 0 Å². The van der Waals surface area contributed by atoms with Crippen LogP contribution in [0.25, 0.3) is 0 Å². The van der Waals surface area contributed by atoms with E-state index in [1.54, 1.807) is 0 Å². The Balaban J connectivity index is 1.94. The Bertz CT molecular complexity index is 581. The minimum absolute atomic E-state index is 0.454. The second kappa shape index (κ2) is 7.48. The number of nitrogens with zero attached hydrogens (tertiary/aromatic N) is 2. The van der Waals surface area contributed by atoms with E-state index in [-0.39, 0.29) is 0 Å². The fourth-order valence-electron chi connectivity index (χ4n) is 1.91. The zero-order valence-electron chi connectivity index (χ0n) is 12.8. The van der Waals surface area contributed by atoms with Crippen molar-refractivity contribution in [1.82, 2.24) is 15.1 Å². The fraction of sp³-hybridized carbons (Fsp3) is 0.438. The maximum atomic E-state index is 6.27. The third kappa shape index (κ3) is 4.76. The Kier molecular flexibility index (Phi) is 5.65. The number of ether oxygens (including phenoxy) is 1. The van der Waals surface area contributed by atoms with E-state index in [9.17, 15) is 0 Å². The molecule has 0 unspecified atom stereocenters. The van der Waals surface area contributed by atoms with Crippen LogP contribution in [0.2, 0.25) is 5.02 Å². The van der Waals surface area contributed by atoms with Gasteiger partial charge in [-0.15, -0.1) is 0 Å². The molecule has 1 aromatic carbocycles. The topological polar surface area (TPSA) is 39.1 Å². The highest BCUT2D eigenvalue weighted by Gasteiger charge is 2.05. The smallest absolute Gasteiger partial charge is 0.138 e. The van der Waals surface area contributed by atoms with Crippen molar-refractivity contribution in [2.24, 2.45) is 0 Å². The van der Waals surface area contributed by atoms with Gasteiger partial charge in [0.15, 0.2) is 0 Å². The predicted octanol–water partition coefficient (Wildman–Crippen LogP) is 3.63. The summed E-state index contributed by atoms with van der Waals surface area (Å²) < 4.78 is 7.63. The lowest BCUT2D eigenvalue weighted by molar-refractivity contribution is 0.306. The highest BCUT2D eigenvalue weighted by atomic mass is 35.5. The number of halogens is 1. The van der Waals surface area contributed by atoms with Gasteiger partial charge in [0.1, 0.15) is 12.4 Å². The minimum Gasteiger partial charge on any atom is -0.487 e. The average Bonchev–Trinajstić information content (AvgIpc) is 2.92. The van der Waals surface area contributed by atoms with Crippen molar-refractivity contribution in [3.05, 3.63) is 46.7 Å². The van der Waals surface area contributed by atoms with Crippen molar-refractivity contribution in [3.8, 4) is 5.75 Å². The van der Waals surface area contributed by atoms with Gasteiger partial charge in [0.05, 0.1) is 11.2 Å². The molecule has 21 heavy (non-hydrogen) atoms. The maximum Gasteiger partial charge on any atom is 0.138 e. The number of hydrogen-bond acceptors (Lipinski definition) is 3. The first kappa shape index (κ1) is 15.9. The second-order valence-corrected chi connectivity index (χ2v) is 5.70. The van der Waals surface area contributed by atoms with Crippen LogP contribution >= 0.6 is 11.6 Å². The number of benzene rings is 1. The van der Waals surface area contributed by atoms with Gasteiger partial charge in [-0.1, -0.05) is 31.5 Å². The lowest BCUT2D eigenvalue weighted by atomic mass is 10.2. The molecule has 114 valence electrons. The van der Waals surface area contributed by atoms with Crippen LogP contribution in [0.4, 0.5) is 0 Å². The van der Waals surface area contributed by atoms with Crippen LogP contribution in [0.3, 0.4) is 0 Å². The first-order valence-electron chi connectivity index (χ1n) is 7.24. The van der Waals surface area contributed by atoms with E-state index < -0.39 is 0 Å². The molecular weight excluding hydrogens is 286 g/mol. The monoisotopic (exact) mass is 307 g/mol. The van der Waals surface area contributed by atoms with Gasteiger partial charge in [0, 0.05) is 30.9 Å². The maximum absolute atomic E-state index is 6.27. The average molecular weight is 308 g/mol. The predicted molar refractivity (Wildman–Crippen MR) is 85.7 cm³/mol. The van der Waals surface area contributed by atoms with Crippen LogP contribution in [-0.2, 0) is 19.7 Å². The molecule has 1 aromatic heterocycles. The molecule has 0 atom stereocenters. The summed E-state index contributed by atoms with van der Waals surface area (Å²) in [5, 5.41) is 8.22. The van der Waals surface area contributed by atoms with Crippen molar-refractivity contribution >= 4 is 11.6 Å². The number of aromatic nitrogens is 2. The summed E-state index contributed by atoms with van der Waals surface area (Å²) in [6.07, 6.45) is 3.80. The Labute approximate surface area is 131 Å². The van der Waals surface area contributed by atoms with Crippen LogP contribution < -0.4 is 10.1 Å². The van der Waals surface area contributed by atoms with Gasteiger partial charge in [0.2, 0.25) is 0 Å². The van der Waals surface area contributed by atoms with E-state index in [4.69, 9.17) is 16.3 Å². The van der Waals surface area contributed by atoms with E-state index in [2.05, 4.69) is 31.2 Å². The molecule has 0 aliphatic carbocycles. The number of rotatable bonds is 7. The van der Waals surface area contributed by atoms with Crippen molar-refractivity contribution < 1.29 is 4.74 Å². The zero-order chi connectivity index (χ0) is 15.2. The number of nitrogens with one attached hydrogen (secondary N) is 1. The third-order valence-electron chi connectivity index (χ3n) is 3.12. The molecular formula is C16H22ClN3O. The summed E-state index contributed by atoms with van der Waals surface area (Å²) in [6, 6.07) is 6.35. The molecule has 2 aromatic rings. The molecule has 4 nitrogen and oxygen atoms in total. The Morgan fingerprint density at radius 1 is 1.33 bits per heavy atom.